The number of benzene rings is 4. The summed E-state index contributed by atoms with van der Waals surface area (Å²) in [6, 6.07) is 21.4. The van der Waals surface area contributed by atoms with E-state index < -0.39 is 60.4 Å². The number of hydrogen-bond acceptors (Lipinski definition) is 7. The Morgan fingerprint density at radius 1 is 0.677 bits per heavy atom. The van der Waals surface area contributed by atoms with Gasteiger partial charge in [0, 0.05) is 22.8 Å². The van der Waals surface area contributed by atoms with Gasteiger partial charge in [-0.05, 0) is 103 Å². The Kier molecular flexibility index (Phi) is 16.3. The molecule has 0 saturated carbocycles. The van der Waals surface area contributed by atoms with Crippen molar-refractivity contribution in [1.29, 1.82) is 0 Å². The first-order chi connectivity index (χ1) is 29.4. The number of aryl methyl sites for hydroxylation is 1. The van der Waals surface area contributed by atoms with Crippen LogP contribution in [-0.4, -0.2) is 37.8 Å². The average Bonchev–Trinajstić information content (AvgIpc) is 3.24. The lowest BCUT2D eigenvalue weighted by Crippen LogP contribution is -2.15. The molecule has 0 N–H and O–H groups in total. The van der Waals surface area contributed by atoms with Gasteiger partial charge in [0.1, 0.15) is 28.8 Å². The first-order valence-corrected chi connectivity index (χ1v) is 18.0. The second kappa shape index (κ2) is 21.5. The molecule has 0 aliphatic carbocycles. The number of alkyl halides is 7. The lowest BCUT2D eigenvalue weighted by Gasteiger charge is -2.14. The van der Waals surface area contributed by atoms with Crippen molar-refractivity contribution in [1.82, 2.24) is 0 Å². The molecular weight excluding hydrogens is 822 g/mol. The zero-order valence-electron chi connectivity index (χ0n) is 32.7. The number of allylic oxidation sites excluding steroid dienone is 2. The van der Waals surface area contributed by atoms with Gasteiger partial charge in [0.05, 0.1) is 35.2 Å². The zero-order chi connectivity index (χ0) is 45.5. The molecule has 0 fully saturated rings. The third-order valence-corrected chi connectivity index (χ3v) is 8.17. The Balaban J connectivity index is 1.45. The summed E-state index contributed by atoms with van der Waals surface area (Å²) in [7, 11) is 0. The Hall–Kier alpha value is -7.71. The van der Waals surface area contributed by atoms with Crippen molar-refractivity contribution in [2.45, 2.75) is 25.2 Å². The Bertz CT molecular complexity index is 2490. The van der Waals surface area contributed by atoms with Crippen molar-refractivity contribution >= 4 is 18.0 Å². The number of carbonyl (C=O) groups is 2. The molecule has 318 valence electrons. The van der Waals surface area contributed by atoms with Gasteiger partial charge in [0.25, 0.3) is 0 Å². The van der Waals surface area contributed by atoms with Crippen LogP contribution in [0.15, 0.2) is 153 Å². The van der Waals surface area contributed by atoms with E-state index in [1.54, 1.807) is 30.3 Å². The molecule has 0 bridgehead atoms. The fraction of sp³-hybridized carbons (Fsp3) is 0.125. The third-order valence-electron chi connectivity index (χ3n) is 8.17. The molecule has 4 aromatic rings. The molecule has 14 heteroatoms. The average molecular weight is 857 g/mol. The maximum atomic E-state index is 13.4. The molecule has 0 aliphatic heterocycles. The number of esters is 2. The van der Waals surface area contributed by atoms with Crippen molar-refractivity contribution in [3.8, 4) is 40.9 Å². The molecule has 7 nitrogen and oxygen atoms in total. The van der Waals surface area contributed by atoms with Crippen molar-refractivity contribution in [2.24, 2.45) is 0 Å². The minimum absolute atomic E-state index is 0.0504. The van der Waals surface area contributed by atoms with Gasteiger partial charge in [-0.25, -0.2) is 9.59 Å². The molecule has 62 heavy (non-hydrogen) atoms. The number of hydrogen-bond donors (Lipinski definition) is 0. The van der Waals surface area contributed by atoms with Crippen molar-refractivity contribution in [2.75, 3.05) is 13.5 Å². The van der Waals surface area contributed by atoms with Gasteiger partial charge >= 0.3 is 24.3 Å². The Labute approximate surface area is 352 Å². The largest absolute Gasteiger partial charge is 0.458 e. The van der Waals surface area contributed by atoms with Crippen LogP contribution in [0.4, 0.5) is 30.7 Å². The quantitative estimate of drug-likeness (QED) is 0.0162. The van der Waals surface area contributed by atoms with Crippen LogP contribution in [0.5, 0.6) is 17.2 Å². The van der Waals surface area contributed by atoms with Crippen LogP contribution in [0, 0.1) is 23.7 Å². The summed E-state index contributed by atoms with van der Waals surface area (Å²) in [6.45, 7) is 14.5. The highest BCUT2D eigenvalue weighted by Gasteiger charge is 2.35. The fourth-order valence-corrected chi connectivity index (χ4v) is 4.84. The first kappa shape index (κ1) is 47.0. The molecule has 0 spiro atoms. The summed E-state index contributed by atoms with van der Waals surface area (Å²) in [5.74, 6) is 9.53. The zero-order valence-corrected chi connectivity index (χ0v) is 32.7. The van der Waals surface area contributed by atoms with Gasteiger partial charge in [-0.1, -0.05) is 68.7 Å². The summed E-state index contributed by atoms with van der Waals surface area (Å²) in [6.07, 6.45) is -5.44. The van der Waals surface area contributed by atoms with Gasteiger partial charge in [-0.2, -0.15) is 26.3 Å². The standard InChI is InChI=1S/C48H35F7O7/c1-6-45(56)62-44-29-38(28-40(8-7-26-49)43(44)24-17-36-13-20-41(21-14-36)60-30-59-33(4)31(2)47(50,51)52)10-9-35-11-18-39(19-12-35)46(57)58-27-25-37-15-22-42(23-16-37)61-34(5)32(3)48(53,54)55/h6,11-16,18-23,25,27-29H,1-5,7-8,26,30H2/b27-25+. The van der Waals surface area contributed by atoms with E-state index in [0.29, 0.717) is 33.4 Å². The van der Waals surface area contributed by atoms with E-state index in [-0.39, 0.29) is 35.7 Å². The van der Waals surface area contributed by atoms with Crippen LogP contribution in [0.3, 0.4) is 0 Å². The maximum Gasteiger partial charge on any atom is 0.419 e. The highest BCUT2D eigenvalue weighted by molar-refractivity contribution is 5.90. The van der Waals surface area contributed by atoms with E-state index >= 15 is 0 Å². The fourth-order valence-electron chi connectivity index (χ4n) is 4.84. The molecule has 4 rings (SSSR count). The highest BCUT2D eigenvalue weighted by atomic mass is 19.4. The van der Waals surface area contributed by atoms with Crippen LogP contribution >= 0.6 is 0 Å². The molecule has 0 saturated heterocycles. The third kappa shape index (κ3) is 14.2. The van der Waals surface area contributed by atoms with Crippen LogP contribution in [0.1, 0.15) is 50.2 Å². The smallest absolute Gasteiger partial charge is 0.419 e. The van der Waals surface area contributed by atoms with Crippen molar-refractivity contribution in [3.05, 3.63) is 192 Å². The summed E-state index contributed by atoms with van der Waals surface area (Å²) < 4.78 is 116. The lowest BCUT2D eigenvalue weighted by atomic mass is 9.98. The van der Waals surface area contributed by atoms with Crippen molar-refractivity contribution < 1.29 is 64.0 Å². The van der Waals surface area contributed by atoms with Crippen LogP contribution < -0.4 is 14.2 Å². The summed E-state index contributed by atoms with van der Waals surface area (Å²) >= 11 is 0. The predicted molar refractivity (Wildman–Crippen MR) is 218 cm³/mol. The second-order valence-electron chi connectivity index (χ2n) is 12.6. The van der Waals surface area contributed by atoms with Crippen LogP contribution in [-0.2, 0) is 20.7 Å². The minimum Gasteiger partial charge on any atom is -0.458 e. The number of halogens is 7. The second-order valence-corrected chi connectivity index (χ2v) is 12.6. The van der Waals surface area contributed by atoms with E-state index in [0.717, 1.165) is 12.3 Å². The topological polar surface area (TPSA) is 80.3 Å². The molecule has 0 radical (unpaired) electrons. The molecule has 0 heterocycles. The SMILES string of the molecule is C=CC(=O)Oc1cc(C#Cc2ccc(C(=O)O/C=C/c3ccc(OC(=C)C(=C)C(F)(F)F)cc3)cc2)cc(CCCF)c1C#Cc1ccc(OCOC(=C)C(=C)C(F)(F)F)cc1. The molecule has 0 aliphatic rings. The van der Waals surface area contributed by atoms with Gasteiger partial charge in [0.2, 0.25) is 6.79 Å². The minimum atomic E-state index is -4.69. The van der Waals surface area contributed by atoms with Gasteiger partial charge in [-0.3, -0.25) is 4.39 Å². The molecule has 0 amide bonds. The summed E-state index contributed by atoms with van der Waals surface area (Å²) in [5.41, 5.74) is 0.573. The molecule has 0 atom stereocenters. The molecule has 0 unspecified atom stereocenters. The van der Waals surface area contributed by atoms with Crippen LogP contribution in [0.25, 0.3) is 6.08 Å². The molecular formula is C48H35F7O7. The van der Waals surface area contributed by atoms with Gasteiger partial charge in [-0.15, -0.1) is 0 Å². The Morgan fingerprint density at radius 2 is 1.24 bits per heavy atom. The normalized spacial score (nSPS) is 10.9. The summed E-state index contributed by atoms with van der Waals surface area (Å²) in [5, 5.41) is 0. The monoisotopic (exact) mass is 856 g/mol. The lowest BCUT2D eigenvalue weighted by molar-refractivity contribution is -0.129. The van der Waals surface area contributed by atoms with Crippen LogP contribution in [0.2, 0.25) is 0 Å². The predicted octanol–water partition coefficient (Wildman–Crippen LogP) is 11.3. The first-order valence-electron chi connectivity index (χ1n) is 18.0. The van der Waals surface area contributed by atoms with Crippen molar-refractivity contribution in [3.63, 3.8) is 0 Å². The van der Waals surface area contributed by atoms with E-state index in [9.17, 15) is 40.3 Å². The molecule has 0 aromatic heterocycles. The number of rotatable bonds is 16. The highest BCUT2D eigenvalue weighted by Crippen LogP contribution is 2.31. The van der Waals surface area contributed by atoms with E-state index in [4.69, 9.17) is 23.7 Å². The van der Waals surface area contributed by atoms with E-state index in [2.05, 4.69) is 56.6 Å². The number of carbonyl (C=O) groups excluding carboxylic acids is 2. The van der Waals surface area contributed by atoms with Gasteiger partial charge in [0.15, 0.2) is 0 Å². The Morgan fingerprint density at radius 3 is 1.84 bits per heavy atom. The maximum absolute atomic E-state index is 13.4. The van der Waals surface area contributed by atoms with E-state index in [1.165, 1.54) is 60.7 Å². The van der Waals surface area contributed by atoms with E-state index in [1.807, 2.05) is 0 Å². The molecule has 4 aromatic carbocycles. The number of ether oxygens (including phenoxy) is 5. The van der Waals surface area contributed by atoms with Gasteiger partial charge < -0.3 is 23.7 Å². The summed E-state index contributed by atoms with van der Waals surface area (Å²) in [4.78, 5) is 25.0.